The number of nitrogens with one attached hydrogen (secondary N) is 2. The number of aliphatic hydroxyl groups is 1. The third-order valence-electron chi connectivity index (χ3n) is 2.77. The summed E-state index contributed by atoms with van der Waals surface area (Å²) in [4.78, 5) is 23.2. The zero-order valence-electron chi connectivity index (χ0n) is 11.4. The standard InChI is InChI=1S/C14H19ClN2O3/c1-2-12(18)6-7-16-13(19)9-17-14(20)10-4-3-5-11(15)8-10/h3-5,8,12,18H,2,6-7,9H2,1H3,(H,16,19)(H,17,20). The van der Waals surface area contributed by atoms with Crippen molar-refractivity contribution < 1.29 is 14.7 Å². The van der Waals surface area contributed by atoms with Crippen LogP contribution in [0.25, 0.3) is 0 Å². The molecule has 0 heterocycles. The van der Waals surface area contributed by atoms with E-state index in [0.717, 1.165) is 0 Å². The number of rotatable bonds is 7. The molecule has 1 rings (SSSR count). The highest BCUT2D eigenvalue weighted by Gasteiger charge is 2.08. The second kappa shape index (κ2) is 8.55. The van der Waals surface area contributed by atoms with Crippen LogP contribution in [0.3, 0.4) is 0 Å². The summed E-state index contributed by atoms with van der Waals surface area (Å²) >= 11 is 5.78. The third-order valence-corrected chi connectivity index (χ3v) is 3.00. The van der Waals surface area contributed by atoms with Gasteiger partial charge in [-0.05, 0) is 31.0 Å². The van der Waals surface area contributed by atoms with Crippen molar-refractivity contribution in [3.05, 3.63) is 34.9 Å². The van der Waals surface area contributed by atoms with Gasteiger partial charge < -0.3 is 15.7 Å². The fourth-order valence-electron chi connectivity index (χ4n) is 1.54. The molecule has 0 radical (unpaired) electrons. The zero-order valence-corrected chi connectivity index (χ0v) is 12.1. The van der Waals surface area contributed by atoms with E-state index in [4.69, 9.17) is 11.6 Å². The van der Waals surface area contributed by atoms with Gasteiger partial charge in [-0.15, -0.1) is 0 Å². The van der Waals surface area contributed by atoms with E-state index in [9.17, 15) is 14.7 Å². The number of benzene rings is 1. The summed E-state index contributed by atoms with van der Waals surface area (Å²) < 4.78 is 0. The summed E-state index contributed by atoms with van der Waals surface area (Å²) in [7, 11) is 0. The smallest absolute Gasteiger partial charge is 0.251 e. The Bertz CT molecular complexity index is 465. The molecule has 0 saturated heterocycles. The van der Waals surface area contributed by atoms with E-state index in [1.165, 1.54) is 6.07 Å². The maximum Gasteiger partial charge on any atom is 0.251 e. The molecule has 1 atom stereocenters. The Morgan fingerprint density at radius 1 is 1.35 bits per heavy atom. The van der Waals surface area contributed by atoms with Crippen LogP contribution in [0.15, 0.2) is 24.3 Å². The predicted octanol–water partition coefficient (Wildman–Crippen LogP) is 1.35. The summed E-state index contributed by atoms with van der Waals surface area (Å²) in [5.74, 6) is -0.639. The van der Waals surface area contributed by atoms with E-state index in [1.807, 2.05) is 6.92 Å². The Kier molecular flexibility index (Phi) is 7.04. The first-order valence-corrected chi connectivity index (χ1v) is 6.89. The molecular formula is C14H19ClN2O3. The Morgan fingerprint density at radius 2 is 2.10 bits per heavy atom. The SMILES string of the molecule is CCC(O)CCNC(=O)CNC(=O)c1cccc(Cl)c1. The molecule has 0 aliphatic carbocycles. The van der Waals surface area contributed by atoms with E-state index in [0.29, 0.717) is 30.0 Å². The zero-order chi connectivity index (χ0) is 15.0. The van der Waals surface area contributed by atoms with Crippen molar-refractivity contribution in [3.8, 4) is 0 Å². The Hall–Kier alpha value is -1.59. The topological polar surface area (TPSA) is 78.4 Å². The van der Waals surface area contributed by atoms with Crippen LogP contribution < -0.4 is 10.6 Å². The molecular weight excluding hydrogens is 280 g/mol. The van der Waals surface area contributed by atoms with Crippen LogP contribution in [-0.4, -0.2) is 36.1 Å². The van der Waals surface area contributed by atoms with Gasteiger partial charge in [0.15, 0.2) is 0 Å². The van der Waals surface area contributed by atoms with Crippen LogP contribution in [-0.2, 0) is 4.79 Å². The lowest BCUT2D eigenvalue weighted by Crippen LogP contribution is -2.37. The van der Waals surface area contributed by atoms with E-state index in [1.54, 1.807) is 18.2 Å². The molecule has 3 N–H and O–H groups in total. The van der Waals surface area contributed by atoms with Crippen LogP contribution in [0.2, 0.25) is 5.02 Å². The minimum atomic E-state index is -0.406. The quantitative estimate of drug-likeness (QED) is 0.711. The van der Waals surface area contributed by atoms with Gasteiger partial charge in [0, 0.05) is 17.1 Å². The summed E-state index contributed by atoms with van der Waals surface area (Å²) in [6.45, 7) is 2.16. The van der Waals surface area contributed by atoms with Crippen LogP contribution >= 0.6 is 11.6 Å². The second-order valence-corrected chi connectivity index (χ2v) is 4.83. The molecule has 1 unspecified atom stereocenters. The number of carbonyl (C=O) groups is 2. The minimum Gasteiger partial charge on any atom is -0.393 e. The minimum absolute atomic E-state index is 0.104. The van der Waals surface area contributed by atoms with E-state index in [-0.39, 0.29) is 18.4 Å². The number of hydrogen-bond acceptors (Lipinski definition) is 3. The predicted molar refractivity (Wildman–Crippen MR) is 77.7 cm³/mol. The molecule has 1 aromatic rings. The first-order chi connectivity index (χ1) is 9.52. The number of hydrogen-bond donors (Lipinski definition) is 3. The molecule has 0 spiro atoms. The van der Waals surface area contributed by atoms with E-state index < -0.39 is 6.10 Å². The first-order valence-electron chi connectivity index (χ1n) is 6.51. The molecule has 0 aliphatic heterocycles. The van der Waals surface area contributed by atoms with Gasteiger partial charge in [0.05, 0.1) is 12.6 Å². The molecule has 0 aromatic heterocycles. The highest BCUT2D eigenvalue weighted by atomic mass is 35.5. The molecule has 0 bridgehead atoms. The largest absolute Gasteiger partial charge is 0.393 e. The molecule has 0 aliphatic rings. The fraction of sp³-hybridized carbons (Fsp3) is 0.429. The molecule has 1 aromatic carbocycles. The monoisotopic (exact) mass is 298 g/mol. The highest BCUT2D eigenvalue weighted by Crippen LogP contribution is 2.10. The van der Waals surface area contributed by atoms with Crippen molar-refractivity contribution in [1.29, 1.82) is 0 Å². The number of halogens is 1. The van der Waals surface area contributed by atoms with Gasteiger partial charge in [0.1, 0.15) is 0 Å². The average molecular weight is 299 g/mol. The van der Waals surface area contributed by atoms with Crippen molar-refractivity contribution >= 4 is 23.4 Å². The van der Waals surface area contributed by atoms with Crippen LogP contribution in [0.1, 0.15) is 30.1 Å². The molecule has 0 fully saturated rings. The van der Waals surface area contributed by atoms with Gasteiger partial charge in [-0.25, -0.2) is 0 Å². The van der Waals surface area contributed by atoms with Crippen molar-refractivity contribution in [2.24, 2.45) is 0 Å². The lowest BCUT2D eigenvalue weighted by Gasteiger charge is -2.09. The lowest BCUT2D eigenvalue weighted by atomic mass is 10.2. The maximum atomic E-state index is 11.7. The summed E-state index contributed by atoms with van der Waals surface area (Å²) in [5.41, 5.74) is 0.409. The summed E-state index contributed by atoms with van der Waals surface area (Å²) in [5, 5.41) is 14.9. The van der Waals surface area contributed by atoms with Gasteiger partial charge in [-0.2, -0.15) is 0 Å². The third kappa shape index (κ3) is 6.04. The number of amides is 2. The highest BCUT2D eigenvalue weighted by molar-refractivity contribution is 6.30. The van der Waals surface area contributed by atoms with Gasteiger partial charge in [-0.1, -0.05) is 24.6 Å². The van der Waals surface area contributed by atoms with Gasteiger partial charge >= 0.3 is 0 Å². The van der Waals surface area contributed by atoms with Crippen LogP contribution in [0, 0.1) is 0 Å². The Labute approximate surface area is 123 Å². The molecule has 20 heavy (non-hydrogen) atoms. The van der Waals surface area contributed by atoms with Crippen LogP contribution in [0.4, 0.5) is 0 Å². The average Bonchev–Trinajstić information content (AvgIpc) is 2.44. The number of aliphatic hydroxyl groups excluding tert-OH is 1. The second-order valence-electron chi connectivity index (χ2n) is 4.39. The van der Waals surface area contributed by atoms with Gasteiger partial charge in [0.25, 0.3) is 5.91 Å². The Balaban J connectivity index is 2.29. The van der Waals surface area contributed by atoms with Crippen molar-refractivity contribution in [3.63, 3.8) is 0 Å². The van der Waals surface area contributed by atoms with E-state index >= 15 is 0 Å². The molecule has 2 amide bonds. The number of carbonyl (C=O) groups excluding carboxylic acids is 2. The Morgan fingerprint density at radius 3 is 2.75 bits per heavy atom. The van der Waals surface area contributed by atoms with Gasteiger partial charge in [0.2, 0.25) is 5.91 Å². The molecule has 6 heteroatoms. The molecule has 110 valence electrons. The fourth-order valence-corrected chi connectivity index (χ4v) is 1.73. The first kappa shape index (κ1) is 16.5. The van der Waals surface area contributed by atoms with Crippen LogP contribution in [0.5, 0.6) is 0 Å². The van der Waals surface area contributed by atoms with Crippen molar-refractivity contribution in [2.75, 3.05) is 13.1 Å². The van der Waals surface area contributed by atoms with Crippen molar-refractivity contribution in [1.82, 2.24) is 10.6 Å². The summed E-state index contributed by atoms with van der Waals surface area (Å²) in [6, 6.07) is 6.50. The van der Waals surface area contributed by atoms with E-state index in [2.05, 4.69) is 10.6 Å². The summed E-state index contributed by atoms with van der Waals surface area (Å²) in [6.07, 6.45) is 0.752. The maximum absolute atomic E-state index is 11.7. The normalized spacial score (nSPS) is 11.8. The van der Waals surface area contributed by atoms with Gasteiger partial charge in [-0.3, -0.25) is 9.59 Å². The molecule has 5 nitrogen and oxygen atoms in total. The van der Waals surface area contributed by atoms with Crippen molar-refractivity contribution in [2.45, 2.75) is 25.9 Å². The molecule has 0 saturated carbocycles. The lowest BCUT2D eigenvalue weighted by molar-refractivity contribution is -0.120.